The van der Waals surface area contributed by atoms with Gasteiger partial charge >= 0.3 is 0 Å². The number of hydrogen-bond donors (Lipinski definition) is 2. The van der Waals surface area contributed by atoms with Crippen molar-refractivity contribution in [2.75, 3.05) is 6.26 Å². The van der Waals surface area contributed by atoms with Crippen molar-refractivity contribution in [2.24, 2.45) is 46.2 Å². The fourth-order valence-corrected chi connectivity index (χ4v) is 7.05. The summed E-state index contributed by atoms with van der Waals surface area (Å²) in [6.07, 6.45) is 17.5. The van der Waals surface area contributed by atoms with E-state index in [-0.39, 0.29) is 0 Å². The van der Waals surface area contributed by atoms with Crippen LogP contribution in [-0.2, 0) is 0 Å². The van der Waals surface area contributed by atoms with E-state index < -0.39 is 0 Å². The molecule has 184 valence electrons. The Morgan fingerprint density at radius 1 is 0.935 bits per heavy atom. The van der Waals surface area contributed by atoms with Gasteiger partial charge in [0.1, 0.15) is 0 Å². The zero-order chi connectivity index (χ0) is 24.4. The molecule has 0 bridgehead atoms. The highest BCUT2D eigenvalue weighted by Crippen LogP contribution is 2.64. The van der Waals surface area contributed by atoms with E-state index in [0.29, 0.717) is 16.9 Å². The molecular weight excluding hydrogens is 394 g/mol. The van der Waals surface area contributed by atoms with E-state index in [0.717, 1.165) is 29.6 Å². The third-order valence-electron chi connectivity index (χ3n) is 8.37. The summed E-state index contributed by atoms with van der Waals surface area (Å²) in [5, 5.41) is 0. The second-order valence-electron chi connectivity index (χ2n) is 9.88. The molecule has 2 N–H and O–H groups in total. The first-order valence-electron chi connectivity index (χ1n) is 13.5. The predicted octanol–water partition coefficient (Wildman–Crippen LogP) is 8.95. The number of allylic oxidation sites excluding steroid dienone is 4. The second-order valence-corrected chi connectivity index (χ2v) is 9.88. The van der Waals surface area contributed by atoms with Crippen LogP contribution in [0.5, 0.6) is 0 Å². The monoisotopic (exact) mass is 451 g/mol. The van der Waals surface area contributed by atoms with E-state index in [4.69, 9.17) is 5.73 Å². The fourth-order valence-electron chi connectivity index (χ4n) is 7.05. The zero-order valence-corrected chi connectivity index (χ0v) is 23.9. The fraction of sp³-hybridized carbons (Fsp3) is 0.862. The summed E-state index contributed by atoms with van der Waals surface area (Å²) in [7, 11) is 0. The Bertz CT molecular complexity index is 551. The molecule has 0 aliphatic heterocycles. The average Bonchev–Trinajstić information content (AvgIpc) is 3.17. The van der Waals surface area contributed by atoms with Crippen molar-refractivity contribution in [2.45, 2.75) is 114 Å². The number of fused-ring (bicyclic) bond motifs is 5. The molecule has 0 aromatic rings. The molecule has 0 amide bonds. The predicted molar refractivity (Wildman–Crippen MR) is 147 cm³/mol. The smallest absolute Gasteiger partial charge is 0.00421 e. The van der Waals surface area contributed by atoms with Crippen molar-refractivity contribution in [1.82, 2.24) is 0 Å². The molecule has 0 aromatic heterocycles. The molecule has 0 radical (unpaired) electrons. The molecule has 2 fully saturated rings. The molecule has 7 unspecified atom stereocenters. The van der Waals surface area contributed by atoms with Gasteiger partial charge in [0.15, 0.2) is 0 Å². The Labute approximate surface area is 202 Å². The molecule has 1 nitrogen and oxygen atoms in total. The third kappa shape index (κ3) is 6.03. The van der Waals surface area contributed by atoms with E-state index in [1.807, 2.05) is 47.1 Å². The summed E-state index contributed by atoms with van der Waals surface area (Å²) in [5.74, 6) is 3.95. The van der Waals surface area contributed by atoms with Crippen molar-refractivity contribution in [3.8, 4) is 0 Å². The highest BCUT2D eigenvalue weighted by atomic mass is 32.1. The SMILES string of the molecule is CC.CC.CC.CC(C)C1C=CC2C3CCC4CC(N)CCC4(C)C3=CCC12C.CS. The Morgan fingerprint density at radius 3 is 2.06 bits per heavy atom. The molecular formula is C29H57NS. The van der Waals surface area contributed by atoms with Gasteiger partial charge in [-0.15, -0.1) is 0 Å². The summed E-state index contributed by atoms with van der Waals surface area (Å²) >= 11 is 3.53. The van der Waals surface area contributed by atoms with Gasteiger partial charge in [-0.1, -0.05) is 93.0 Å². The molecule has 4 aliphatic rings. The van der Waals surface area contributed by atoms with E-state index in [2.05, 4.69) is 58.6 Å². The maximum atomic E-state index is 6.30. The second kappa shape index (κ2) is 14.1. The Kier molecular flexibility index (Phi) is 14.0. The molecule has 31 heavy (non-hydrogen) atoms. The molecule has 7 atom stereocenters. The van der Waals surface area contributed by atoms with Gasteiger partial charge in [-0.3, -0.25) is 0 Å². The van der Waals surface area contributed by atoms with E-state index >= 15 is 0 Å². The Balaban J connectivity index is 0.00000102. The van der Waals surface area contributed by atoms with Crippen LogP contribution in [0, 0.1) is 40.4 Å². The van der Waals surface area contributed by atoms with Crippen LogP contribution in [0.15, 0.2) is 23.8 Å². The maximum absolute atomic E-state index is 6.30. The summed E-state index contributed by atoms with van der Waals surface area (Å²) in [5.41, 5.74) is 9.04. The average molecular weight is 452 g/mol. The van der Waals surface area contributed by atoms with Crippen LogP contribution < -0.4 is 5.73 Å². The lowest BCUT2D eigenvalue weighted by atomic mass is 9.48. The summed E-state index contributed by atoms with van der Waals surface area (Å²) in [6.45, 7) is 22.0. The zero-order valence-electron chi connectivity index (χ0n) is 23.0. The molecule has 2 saturated carbocycles. The standard InChI is InChI=1S/C22H35N.3C2H6.CH4S/c1-14(2)18-7-8-19-17-6-5-15-13-16(23)9-11-21(15,3)20(17)10-12-22(18,19)4;4*1-2/h7-8,10,14-19H,5-6,9,11-13,23H2,1-4H3;3*1-2H3;2H,1H3. The molecule has 0 spiro atoms. The first-order chi connectivity index (χ1) is 14.9. The molecule has 4 aliphatic carbocycles. The molecule has 0 saturated heterocycles. The minimum atomic E-state index is 0.448. The van der Waals surface area contributed by atoms with Gasteiger partial charge in [0, 0.05) is 6.04 Å². The van der Waals surface area contributed by atoms with Crippen LogP contribution in [0.2, 0.25) is 0 Å². The number of thiol groups is 1. The van der Waals surface area contributed by atoms with Gasteiger partial charge < -0.3 is 5.73 Å². The van der Waals surface area contributed by atoms with Gasteiger partial charge in [0.2, 0.25) is 0 Å². The summed E-state index contributed by atoms with van der Waals surface area (Å²) in [4.78, 5) is 0. The molecule has 0 heterocycles. The number of hydrogen-bond acceptors (Lipinski definition) is 2. The first kappa shape index (κ1) is 30.8. The van der Waals surface area contributed by atoms with Crippen molar-refractivity contribution in [1.29, 1.82) is 0 Å². The van der Waals surface area contributed by atoms with Crippen LogP contribution in [0.1, 0.15) is 108 Å². The summed E-state index contributed by atoms with van der Waals surface area (Å²) < 4.78 is 0. The van der Waals surface area contributed by atoms with E-state index in [1.54, 1.807) is 6.26 Å². The van der Waals surface area contributed by atoms with Gasteiger partial charge in [-0.05, 0) is 85.2 Å². The van der Waals surface area contributed by atoms with Crippen molar-refractivity contribution in [3.05, 3.63) is 23.8 Å². The highest BCUT2D eigenvalue weighted by molar-refractivity contribution is 7.79. The normalized spacial score (nSPS) is 39.3. The van der Waals surface area contributed by atoms with E-state index in [1.165, 1.54) is 38.5 Å². The maximum Gasteiger partial charge on any atom is 0.00421 e. The minimum absolute atomic E-state index is 0.448. The lowest BCUT2D eigenvalue weighted by molar-refractivity contribution is 0.0275. The van der Waals surface area contributed by atoms with E-state index in [9.17, 15) is 0 Å². The minimum Gasteiger partial charge on any atom is -0.328 e. The number of nitrogens with two attached hydrogens (primary N) is 1. The van der Waals surface area contributed by atoms with Gasteiger partial charge in [0.25, 0.3) is 0 Å². The van der Waals surface area contributed by atoms with Crippen LogP contribution in [0.3, 0.4) is 0 Å². The third-order valence-corrected chi connectivity index (χ3v) is 8.37. The van der Waals surface area contributed by atoms with Crippen LogP contribution in [0.4, 0.5) is 0 Å². The van der Waals surface area contributed by atoms with Crippen LogP contribution >= 0.6 is 12.6 Å². The van der Waals surface area contributed by atoms with Crippen molar-refractivity contribution >= 4 is 12.6 Å². The van der Waals surface area contributed by atoms with Crippen LogP contribution in [0.25, 0.3) is 0 Å². The van der Waals surface area contributed by atoms with Gasteiger partial charge in [0.05, 0.1) is 0 Å². The van der Waals surface area contributed by atoms with Crippen molar-refractivity contribution in [3.63, 3.8) is 0 Å². The molecule has 0 aromatic carbocycles. The lowest BCUT2D eigenvalue weighted by Gasteiger charge is -2.57. The largest absolute Gasteiger partial charge is 0.328 e. The van der Waals surface area contributed by atoms with Crippen molar-refractivity contribution < 1.29 is 0 Å². The Hall–Kier alpha value is -0.210. The highest BCUT2D eigenvalue weighted by Gasteiger charge is 2.55. The number of rotatable bonds is 1. The summed E-state index contributed by atoms with van der Waals surface area (Å²) in [6, 6.07) is 0.454. The molecule has 4 rings (SSSR count). The van der Waals surface area contributed by atoms with Crippen LogP contribution in [-0.4, -0.2) is 12.3 Å². The molecule has 2 heteroatoms. The quantitative estimate of drug-likeness (QED) is 0.302. The Morgan fingerprint density at radius 2 is 1.52 bits per heavy atom. The first-order valence-corrected chi connectivity index (χ1v) is 14.3. The van der Waals surface area contributed by atoms with Gasteiger partial charge in [-0.25, -0.2) is 0 Å². The topological polar surface area (TPSA) is 26.0 Å². The lowest BCUT2D eigenvalue weighted by Crippen LogP contribution is -2.50. The van der Waals surface area contributed by atoms with Gasteiger partial charge in [-0.2, -0.15) is 12.6 Å².